The lowest BCUT2D eigenvalue weighted by molar-refractivity contribution is 0.415. The quantitative estimate of drug-likeness (QED) is 0.195. The van der Waals surface area contributed by atoms with E-state index in [1.165, 1.54) is 5.56 Å². The molecule has 4 aromatic carbocycles. The van der Waals surface area contributed by atoms with Gasteiger partial charge in [-0.3, -0.25) is 5.01 Å². The van der Waals surface area contributed by atoms with Crippen molar-refractivity contribution in [1.29, 1.82) is 0 Å². The summed E-state index contributed by atoms with van der Waals surface area (Å²) in [5.74, 6) is 0.810. The molecule has 1 aromatic heterocycles. The Bertz CT molecular complexity index is 1380. The summed E-state index contributed by atoms with van der Waals surface area (Å²) >= 11 is 0. The number of anilines is 1. The first-order valence-electron chi connectivity index (χ1n) is 11.5. The number of nitrogens with zero attached hydrogens (tertiary/aromatic N) is 4. The molecule has 0 unspecified atom stereocenters. The third kappa shape index (κ3) is 5.31. The van der Waals surface area contributed by atoms with Crippen molar-refractivity contribution in [3.05, 3.63) is 133 Å². The Labute approximate surface area is 205 Å². The maximum absolute atomic E-state index is 5.34. The topological polar surface area (TPSA) is 42.6 Å². The normalized spacial score (nSPS) is 11.0. The molecule has 0 spiro atoms. The second-order valence-electron chi connectivity index (χ2n) is 8.07. The summed E-state index contributed by atoms with van der Waals surface area (Å²) < 4.78 is 7.23. The zero-order valence-electron chi connectivity index (χ0n) is 19.5. The molecule has 1 heterocycles. The van der Waals surface area contributed by atoms with Crippen LogP contribution in [0.2, 0.25) is 0 Å². The molecular formula is C30H26N4O. The lowest BCUT2D eigenvalue weighted by Crippen LogP contribution is -2.16. The molecule has 0 saturated carbocycles. The van der Waals surface area contributed by atoms with Crippen molar-refractivity contribution in [1.82, 2.24) is 9.78 Å². The van der Waals surface area contributed by atoms with Gasteiger partial charge in [0.25, 0.3) is 0 Å². The summed E-state index contributed by atoms with van der Waals surface area (Å²) in [5, 5.41) is 11.8. The van der Waals surface area contributed by atoms with E-state index in [0.717, 1.165) is 33.9 Å². The molecule has 172 valence electrons. The zero-order chi connectivity index (χ0) is 23.9. The van der Waals surface area contributed by atoms with Crippen molar-refractivity contribution < 1.29 is 4.74 Å². The third-order valence-corrected chi connectivity index (χ3v) is 5.69. The van der Waals surface area contributed by atoms with E-state index in [4.69, 9.17) is 14.9 Å². The third-order valence-electron chi connectivity index (χ3n) is 5.69. The summed E-state index contributed by atoms with van der Waals surface area (Å²) in [6, 6.07) is 38.6. The summed E-state index contributed by atoms with van der Waals surface area (Å²) in [7, 11) is 1.67. The summed E-state index contributed by atoms with van der Waals surface area (Å²) in [4.78, 5) is 0. The van der Waals surface area contributed by atoms with Gasteiger partial charge in [-0.15, -0.1) is 0 Å². The van der Waals surface area contributed by atoms with Gasteiger partial charge < -0.3 is 4.74 Å². The van der Waals surface area contributed by atoms with Crippen LogP contribution in [-0.2, 0) is 6.54 Å². The molecule has 35 heavy (non-hydrogen) atoms. The van der Waals surface area contributed by atoms with Gasteiger partial charge in [0.15, 0.2) is 0 Å². The van der Waals surface area contributed by atoms with Crippen molar-refractivity contribution in [2.75, 3.05) is 12.1 Å². The molecule has 0 atom stereocenters. The van der Waals surface area contributed by atoms with Crippen LogP contribution in [0.15, 0.2) is 127 Å². The number of methoxy groups -OCH3 is 1. The number of hydrazone groups is 1. The standard InChI is InChI=1S/C30H26N4O/c1-35-29-19-17-25(18-20-29)30-26(23-34(32-30)28-15-9-4-10-16-28)21-31-33(27-13-7-3-8-14-27)22-24-11-5-2-6-12-24/h2-21,23H,22H2,1H3. The van der Waals surface area contributed by atoms with E-state index in [1.807, 2.05) is 113 Å². The molecule has 5 heteroatoms. The van der Waals surface area contributed by atoms with Gasteiger partial charge in [0.05, 0.1) is 31.2 Å². The molecule has 5 rings (SSSR count). The van der Waals surface area contributed by atoms with E-state index < -0.39 is 0 Å². The number of hydrogen-bond donors (Lipinski definition) is 0. The van der Waals surface area contributed by atoms with Crippen LogP contribution in [0.25, 0.3) is 16.9 Å². The molecule has 5 nitrogen and oxygen atoms in total. The van der Waals surface area contributed by atoms with Crippen molar-refractivity contribution in [3.8, 4) is 22.7 Å². The Morgan fingerprint density at radius 1 is 0.800 bits per heavy atom. The Kier molecular flexibility index (Phi) is 6.67. The molecular weight excluding hydrogens is 432 g/mol. The van der Waals surface area contributed by atoms with Crippen molar-refractivity contribution in [3.63, 3.8) is 0 Å². The van der Waals surface area contributed by atoms with E-state index in [9.17, 15) is 0 Å². The molecule has 0 aliphatic heterocycles. The van der Waals surface area contributed by atoms with Gasteiger partial charge in [-0.25, -0.2) is 4.68 Å². The molecule has 0 N–H and O–H groups in total. The minimum absolute atomic E-state index is 0.659. The van der Waals surface area contributed by atoms with Gasteiger partial charge in [-0.2, -0.15) is 10.2 Å². The minimum atomic E-state index is 0.659. The number of para-hydroxylation sites is 2. The van der Waals surface area contributed by atoms with Gasteiger partial charge >= 0.3 is 0 Å². The second kappa shape index (κ2) is 10.5. The second-order valence-corrected chi connectivity index (χ2v) is 8.07. The van der Waals surface area contributed by atoms with E-state index >= 15 is 0 Å². The number of ether oxygens (including phenoxy) is 1. The summed E-state index contributed by atoms with van der Waals surface area (Å²) in [6.45, 7) is 0.659. The van der Waals surface area contributed by atoms with Crippen LogP contribution in [-0.4, -0.2) is 23.1 Å². The Balaban J connectivity index is 1.54. The first-order chi connectivity index (χ1) is 17.3. The van der Waals surface area contributed by atoms with Crippen LogP contribution < -0.4 is 9.75 Å². The highest BCUT2D eigenvalue weighted by atomic mass is 16.5. The number of benzene rings is 4. The van der Waals surface area contributed by atoms with Crippen LogP contribution in [0.3, 0.4) is 0 Å². The smallest absolute Gasteiger partial charge is 0.118 e. The van der Waals surface area contributed by atoms with Crippen molar-refractivity contribution in [2.45, 2.75) is 6.54 Å². The highest BCUT2D eigenvalue weighted by Gasteiger charge is 2.13. The van der Waals surface area contributed by atoms with Crippen LogP contribution >= 0.6 is 0 Å². The fourth-order valence-electron chi connectivity index (χ4n) is 3.86. The lowest BCUT2D eigenvalue weighted by Gasteiger charge is -2.19. The lowest BCUT2D eigenvalue weighted by atomic mass is 10.1. The molecule has 0 radical (unpaired) electrons. The maximum atomic E-state index is 5.34. The van der Waals surface area contributed by atoms with Crippen LogP contribution in [0.1, 0.15) is 11.1 Å². The SMILES string of the molecule is COc1ccc(-c2nn(-c3ccccc3)cc2C=NN(Cc2ccccc2)c2ccccc2)cc1. The van der Waals surface area contributed by atoms with Crippen LogP contribution in [0.4, 0.5) is 5.69 Å². The molecule has 0 amide bonds. The van der Waals surface area contributed by atoms with Gasteiger partial charge in [0.2, 0.25) is 0 Å². The highest BCUT2D eigenvalue weighted by molar-refractivity contribution is 5.89. The first-order valence-corrected chi connectivity index (χ1v) is 11.5. The van der Waals surface area contributed by atoms with Crippen molar-refractivity contribution >= 4 is 11.9 Å². The van der Waals surface area contributed by atoms with Crippen LogP contribution in [0.5, 0.6) is 5.75 Å². The summed E-state index contributed by atoms with van der Waals surface area (Å²) in [6.07, 6.45) is 3.91. The molecule has 0 bridgehead atoms. The van der Waals surface area contributed by atoms with Gasteiger partial charge in [0.1, 0.15) is 11.4 Å². The first kappa shape index (κ1) is 22.2. The largest absolute Gasteiger partial charge is 0.497 e. The van der Waals surface area contributed by atoms with E-state index in [-0.39, 0.29) is 0 Å². The Morgan fingerprint density at radius 3 is 2.09 bits per heavy atom. The van der Waals surface area contributed by atoms with Gasteiger partial charge in [0, 0.05) is 17.3 Å². The Hall–Kier alpha value is -4.64. The molecule has 0 aliphatic rings. The summed E-state index contributed by atoms with van der Waals surface area (Å²) in [5.41, 5.74) is 5.97. The molecule has 0 saturated heterocycles. The Morgan fingerprint density at radius 2 is 1.43 bits per heavy atom. The molecule has 0 fully saturated rings. The maximum Gasteiger partial charge on any atom is 0.118 e. The predicted octanol–water partition coefficient (Wildman–Crippen LogP) is 6.59. The predicted molar refractivity (Wildman–Crippen MR) is 142 cm³/mol. The average molecular weight is 459 g/mol. The van der Waals surface area contributed by atoms with Crippen molar-refractivity contribution in [2.24, 2.45) is 5.10 Å². The number of rotatable bonds is 8. The fraction of sp³-hybridized carbons (Fsp3) is 0.0667. The van der Waals surface area contributed by atoms with Gasteiger partial charge in [-0.1, -0.05) is 66.7 Å². The number of hydrogen-bond acceptors (Lipinski definition) is 4. The van der Waals surface area contributed by atoms with E-state index in [0.29, 0.717) is 6.54 Å². The van der Waals surface area contributed by atoms with E-state index in [2.05, 4.69) is 24.3 Å². The minimum Gasteiger partial charge on any atom is -0.497 e. The van der Waals surface area contributed by atoms with Crippen LogP contribution in [0, 0.1) is 0 Å². The highest BCUT2D eigenvalue weighted by Crippen LogP contribution is 2.26. The molecule has 5 aromatic rings. The van der Waals surface area contributed by atoms with Gasteiger partial charge in [-0.05, 0) is 54.1 Å². The fourth-order valence-corrected chi connectivity index (χ4v) is 3.86. The average Bonchev–Trinajstić information content (AvgIpc) is 3.37. The molecule has 0 aliphatic carbocycles. The monoisotopic (exact) mass is 458 g/mol. The number of aromatic nitrogens is 2. The van der Waals surface area contributed by atoms with E-state index in [1.54, 1.807) is 7.11 Å². The zero-order valence-corrected chi connectivity index (χ0v) is 19.5.